The maximum atomic E-state index is 4.56. The second kappa shape index (κ2) is 6.29. The van der Waals surface area contributed by atoms with Gasteiger partial charge in [0.25, 0.3) is 0 Å². The Morgan fingerprint density at radius 2 is 1.67 bits per heavy atom. The van der Waals surface area contributed by atoms with Gasteiger partial charge in [0.05, 0.1) is 23.8 Å². The zero-order chi connectivity index (χ0) is 16.2. The number of nitrogens with one attached hydrogen (secondary N) is 1. The van der Waals surface area contributed by atoms with Gasteiger partial charge in [0, 0.05) is 17.4 Å². The predicted molar refractivity (Wildman–Crippen MR) is 92.1 cm³/mol. The smallest absolute Gasteiger partial charge is 0.227 e. The normalized spacial score (nSPS) is 10.5. The van der Waals surface area contributed by atoms with Crippen molar-refractivity contribution in [1.82, 2.24) is 25.0 Å². The summed E-state index contributed by atoms with van der Waals surface area (Å²) in [5.41, 5.74) is 3.79. The molecule has 0 spiro atoms. The molecule has 0 aliphatic carbocycles. The van der Waals surface area contributed by atoms with Crippen molar-refractivity contribution in [1.29, 1.82) is 0 Å². The van der Waals surface area contributed by atoms with Crippen LogP contribution in [0.25, 0.3) is 16.9 Å². The molecule has 0 saturated heterocycles. The lowest BCUT2D eigenvalue weighted by atomic mass is 10.1. The van der Waals surface area contributed by atoms with Gasteiger partial charge in [-0.25, -0.2) is 14.6 Å². The molecule has 4 aromatic rings. The summed E-state index contributed by atoms with van der Waals surface area (Å²) in [5, 5.41) is 11.0. The minimum Gasteiger partial charge on any atom is -0.324 e. The van der Waals surface area contributed by atoms with E-state index in [2.05, 4.69) is 25.6 Å². The number of hydrogen-bond acceptors (Lipinski definition) is 5. The van der Waals surface area contributed by atoms with E-state index < -0.39 is 0 Å². The van der Waals surface area contributed by atoms with E-state index in [-0.39, 0.29) is 0 Å². The molecule has 6 heteroatoms. The van der Waals surface area contributed by atoms with Gasteiger partial charge >= 0.3 is 0 Å². The first-order valence-corrected chi connectivity index (χ1v) is 7.51. The molecular weight excluding hydrogens is 300 g/mol. The Balaban J connectivity index is 1.55. The van der Waals surface area contributed by atoms with Gasteiger partial charge in [-0.3, -0.25) is 0 Å². The monoisotopic (exact) mass is 314 g/mol. The van der Waals surface area contributed by atoms with Crippen LogP contribution in [0, 0.1) is 0 Å². The molecule has 0 fully saturated rings. The molecule has 2 aromatic heterocycles. The van der Waals surface area contributed by atoms with Crippen molar-refractivity contribution in [2.75, 3.05) is 5.32 Å². The molecule has 0 aliphatic rings. The topological polar surface area (TPSA) is 68.5 Å². The fraction of sp³-hybridized carbons (Fsp3) is 0. The molecule has 0 unspecified atom stereocenters. The van der Waals surface area contributed by atoms with Gasteiger partial charge in [0.1, 0.15) is 0 Å². The average molecular weight is 314 g/mol. The standard InChI is InChI=1S/C18H14N6/c1-2-4-14(5-3-1)17-10-11-19-18(22-17)21-15-6-8-16(9-7-15)24-13-12-20-23-24/h1-13H,(H,19,21,22). The van der Waals surface area contributed by atoms with E-state index in [4.69, 9.17) is 0 Å². The minimum atomic E-state index is 0.560. The summed E-state index contributed by atoms with van der Waals surface area (Å²) in [6, 6.07) is 19.7. The van der Waals surface area contributed by atoms with Crippen LogP contribution < -0.4 is 5.32 Å². The molecule has 0 amide bonds. The van der Waals surface area contributed by atoms with Crippen molar-refractivity contribution in [3.05, 3.63) is 79.3 Å². The Hall–Kier alpha value is -3.54. The van der Waals surface area contributed by atoms with Crippen LogP contribution in [-0.2, 0) is 0 Å². The molecule has 0 aliphatic heterocycles. The summed E-state index contributed by atoms with van der Waals surface area (Å²) in [6.07, 6.45) is 5.20. The summed E-state index contributed by atoms with van der Waals surface area (Å²) in [4.78, 5) is 8.84. The number of rotatable bonds is 4. The van der Waals surface area contributed by atoms with Gasteiger partial charge in [0.2, 0.25) is 5.95 Å². The number of nitrogens with zero attached hydrogens (tertiary/aromatic N) is 5. The first-order valence-electron chi connectivity index (χ1n) is 7.51. The highest BCUT2D eigenvalue weighted by Crippen LogP contribution is 2.19. The number of benzene rings is 2. The lowest BCUT2D eigenvalue weighted by molar-refractivity contribution is 0.803. The summed E-state index contributed by atoms with van der Waals surface area (Å²) in [5.74, 6) is 0.560. The third-order valence-electron chi connectivity index (χ3n) is 3.54. The summed E-state index contributed by atoms with van der Waals surface area (Å²) >= 11 is 0. The van der Waals surface area contributed by atoms with Crippen molar-refractivity contribution in [3.8, 4) is 16.9 Å². The van der Waals surface area contributed by atoms with Crippen LogP contribution in [0.3, 0.4) is 0 Å². The maximum absolute atomic E-state index is 4.56. The maximum Gasteiger partial charge on any atom is 0.227 e. The highest BCUT2D eigenvalue weighted by atomic mass is 15.4. The number of hydrogen-bond donors (Lipinski definition) is 1. The second-order valence-electron chi connectivity index (χ2n) is 5.15. The highest BCUT2D eigenvalue weighted by molar-refractivity contribution is 5.62. The van der Waals surface area contributed by atoms with E-state index in [1.165, 1.54) is 0 Å². The van der Waals surface area contributed by atoms with E-state index >= 15 is 0 Å². The molecule has 2 aromatic carbocycles. The molecule has 0 saturated carbocycles. The van der Waals surface area contributed by atoms with E-state index in [0.717, 1.165) is 22.6 Å². The van der Waals surface area contributed by atoms with Gasteiger partial charge < -0.3 is 5.32 Å². The summed E-state index contributed by atoms with van der Waals surface area (Å²) in [6.45, 7) is 0. The number of anilines is 2. The Kier molecular flexibility index (Phi) is 3.69. The lowest BCUT2D eigenvalue weighted by Gasteiger charge is -2.07. The molecule has 0 radical (unpaired) electrons. The van der Waals surface area contributed by atoms with Gasteiger partial charge in [-0.05, 0) is 30.3 Å². The highest BCUT2D eigenvalue weighted by Gasteiger charge is 2.03. The lowest BCUT2D eigenvalue weighted by Crippen LogP contribution is -1.99. The minimum absolute atomic E-state index is 0.560. The van der Waals surface area contributed by atoms with Gasteiger partial charge in [0.15, 0.2) is 0 Å². The molecule has 2 heterocycles. The van der Waals surface area contributed by atoms with Crippen LogP contribution in [0.4, 0.5) is 11.6 Å². The molecule has 24 heavy (non-hydrogen) atoms. The van der Waals surface area contributed by atoms with Crippen LogP contribution >= 0.6 is 0 Å². The first kappa shape index (κ1) is 14.1. The van der Waals surface area contributed by atoms with Gasteiger partial charge in [-0.15, -0.1) is 5.10 Å². The Morgan fingerprint density at radius 1 is 0.833 bits per heavy atom. The van der Waals surface area contributed by atoms with E-state index in [1.807, 2.05) is 60.7 Å². The van der Waals surface area contributed by atoms with Gasteiger partial charge in [-0.1, -0.05) is 35.5 Å². The predicted octanol–water partition coefficient (Wildman–Crippen LogP) is 3.47. The van der Waals surface area contributed by atoms with Crippen molar-refractivity contribution in [2.45, 2.75) is 0 Å². The molecular formula is C18H14N6. The van der Waals surface area contributed by atoms with E-state index in [9.17, 15) is 0 Å². The van der Waals surface area contributed by atoms with Gasteiger partial charge in [-0.2, -0.15) is 0 Å². The Bertz CT molecular complexity index is 917. The Labute approximate surface area is 138 Å². The fourth-order valence-electron chi connectivity index (χ4n) is 2.36. The molecule has 0 atom stereocenters. The average Bonchev–Trinajstić information content (AvgIpc) is 3.18. The van der Waals surface area contributed by atoms with Crippen molar-refractivity contribution in [2.24, 2.45) is 0 Å². The van der Waals surface area contributed by atoms with Crippen molar-refractivity contribution in [3.63, 3.8) is 0 Å². The summed E-state index contributed by atoms with van der Waals surface area (Å²) < 4.78 is 1.70. The quantitative estimate of drug-likeness (QED) is 0.624. The summed E-state index contributed by atoms with van der Waals surface area (Å²) in [7, 11) is 0. The van der Waals surface area contributed by atoms with Crippen LogP contribution in [-0.4, -0.2) is 25.0 Å². The fourth-order valence-corrected chi connectivity index (χ4v) is 2.36. The number of aromatic nitrogens is 5. The third-order valence-corrected chi connectivity index (χ3v) is 3.54. The molecule has 4 rings (SSSR count). The first-order chi connectivity index (χ1) is 11.9. The van der Waals surface area contributed by atoms with Crippen LogP contribution in [0.15, 0.2) is 79.3 Å². The van der Waals surface area contributed by atoms with E-state index in [1.54, 1.807) is 23.3 Å². The molecule has 1 N–H and O–H groups in total. The Morgan fingerprint density at radius 3 is 2.42 bits per heavy atom. The van der Waals surface area contributed by atoms with Crippen LogP contribution in [0.5, 0.6) is 0 Å². The zero-order valence-electron chi connectivity index (χ0n) is 12.7. The van der Waals surface area contributed by atoms with Crippen LogP contribution in [0.2, 0.25) is 0 Å². The molecule has 116 valence electrons. The zero-order valence-corrected chi connectivity index (χ0v) is 12.7. The molecule has 6 nitrogen and oxygen atoms in total. The van der Waals surface area contributed by atoms with Crippen molar-refractivity contribution >= 4 is 11.6 Å². The molecule has 0 bridgehead atoms. The van der Waals surface area contributed by atoms with E-state index in [0.29, 0.717) is 5.95 Å². The largest absolute Gasteiger partial charge is 0.324 e. The van der Waals surface area contributed by atoms with Crippen LogP contribution in [0.1, 0.15) is 0 Å². The second-order valence-corrected chi connectivity index (χ2v) is 5.15. The van der Waals surface area contributed by atoms with Crippen molar-refractivity contribution < 1.29 is 0 Å². The third kappa shape index (κ3) is 2.98. The SMILES string of the molecule is c1ccc(-c2ccnc(Nc3ccc(-n4ccnn4)cc3)n2)cc1.